The van der Waals surface area contributed by atoms with E-state index in [1.54, 1.807) is 19.2 Å². The van der Waals surface area contributed by atoms with Gasteiger partial charge in [-0.15, -0.1) is 0 Å². The summed E-state index contributed by atoms with van der Waals surface area (Å²) in [4.78, 5) is 12.4. The molecule has 0 spiro atoms. The van der Waals surface area contributed by atoms with E-state index >= 15 is 0 Å². The summed E-state index contributed by atoms with van der Waals surface area (Å²) in [5, 5.41) is 0. The van der Waals surface area contributed by atoms with E-state index in [1.807, 2.05) is 13.8 Å². The van der Waals surface area contributed by atoms with Crippen LogP contribution < -0.4 is 10.5 Å². The van der Waals surface area contributed by atoms with E-state index in [-0.39, 0.29) is 11.5 Å². The minimum atomic E-state index is -0.457. The monoisotopic (exact) mass is 273 g/mol. The molecule has 0 atom stereocenters. The molecule has 0 aliphatic heterocycles. The Kier molecular flexibility index (Phi) is 3.74. The van der Waals surface area contributed by atoms with Gasteiger partial charge in [0.1, 0.15) is 11.6 Å². The van der Waals surface area contributed by atoms with E-state index in [2.05, 4.69) is 0 Å². The summed E-state index contributed by atoms with van der Waals surface area (Å²) < 4.78 is 18.3. The third-order valence-corrected chi connectivity index (χ3v) is 3.18. The fraction of sp³-hybridized carbons (Fsp3) is 0.188. The molecule has 0 bridgehead atoms. The Hall–Kier alpha value is -2.36. The SMILES string of the molecule is COc1c(C)cc(C(=O)c2ccc(F)cc2N)cc1C. The molecule has 0 unspecified atom stereocenters. The normalized spacial score (nSPS) is 10.4. The Labute approximate surface area is 117 Å². The van der Waals surface area contributed by atoms with Gasteiger partial charge in [0.25, 0.3) is 0 Å². The number of ether oxygens (including phenoxy) is 1. The van der Waals surface area contributed by atoms with Crippen molar-refractivity contribution >= 4 is 11.5 Å². The van der Waals surface area contributed by atoms with Gasteiger partial charge in [0.2, 0.25) is 0 Å². The molecule has 2 aromatic carbocycles. The van der Waals surface area contributed by atoms with Crippen LogP contribution in [0.4, 0.5) is 10.1 Å². The van der Waals surface area contributed by atoms with Crippen LogP contribution in [0.3, 0.4) is 0 Å². The maximum absolute atomic E-state index is 13.0. The predicted octanol–water partition coefficient (Wildman–Crippen LogP) is 3.26. The van der Waals surface area contributed by atoms with Gasteiger partial charge in [-0.05, 0) is 55.3 Å². The Morgan fingerprint density at radius 3 is 2.25 bits per heavy atom. The van der Waals surface area contributed by atoms with E-state index in [9.17, 15) is 9.18 Å². The van der Waals surface area contributed by atoms with Gasteiger partial charge in [0.15, 0.2) is 5.78 Å². The fourth-order valence-electron chi connectivity index (χ4n) is 2.30. The first-order valence-electron chi connectivity index (χ1n) is 6.19. The number of carbonyl (C=O) groups excluding carboxylic acids is 1. The van der Waals surface area contributed by atoms with Crippen molar-refractivity contribution < 1.29 is 13.9 Å². The lowest BCUT2D eigenvalue weighted by Gasteiger charge is -2.11. The number of halogens is 1. The van der Waals surface area contributed by atoms with Gasteiger partial charge in [-0.25, -0.2) is 4.39 Å². The zero-order valence-electron chi connectivity index (χ0n) is 11.7. The Morgan fingerprint density at radius 1 is 1.15 bits per heavy atom. The molecule has 2 rings (SSSR count). The van der Waals surface area contributed by atoms with Crippen LogP contribution in [0, 0.1) is 19.7 Å². The molecule has 3 nitrogen and oxygen atoms in total. The number of anilines is 1. The zero-order chi connectivity index (χ0) is 14.9. The number of carbonyl (C=O) groups is 1. The van der Waals surface area contributed by atoms with Gasteiger partial charge >= 0.3 is 0 Å². The quantitative estimate of drug-likeness (QED) is 0.689. The number of hydrogen-bond acceptors (Lipinski definition) is 3. The molecular weight excluding hydrogens is 257 g/mol. The average Bonchev–Trinajstić information content (AvgIpc) is 2.37. The number of benzene rings is 2. The molecule has 0 aliphatic rings. The van der Waals surface area contributed by atoms with Crippen molar-refractivity contribution in [2.24, 2.45) is 0 Å². The van der Waals surface area contributed by atoms with Gasteiger partial charge in [-0.2, -0.15) is 0 Å². The van der Waals surface area contributed by atoms with Crippen molar-refractivity contribution in [2.75, 3.05) is 12.8 Å². The minimum Gasteiger partial charge on any atom is -0.496 e. The maximum atomic E-state index is 13.0. The molecule has 104 valence electrons. The number of hydrogen-bond donors (Lipinski definition) is 1. The summed E-state index contributed by atoms with van der Waals surface area (Å²) in [6, 6.07) is 7.28. The number of nitrogens with two attached hydrogens (primary N) is 1. The third-order valence-electron chi connectivity index (χ3n) is 3.18. The first-order chi connectivity index (χ1) is 9.43. The zero-order valence-corrected chi connectivity index (χ0v) is 11.7. The molecule has 0 saturated carbocycles. The van der Waals surface area contributed by atoms with Crippen molar-refractivity contribution in [1.29, 1.82) is 0 Å². The van der Waals surface area contributed by atoms with E-state index in [4.69, 9.17) is 10.5 Å². The smallest absolute Gasteiger partial charge is 0.195 e. The summed E-state index contributed by atoms with van der Waals surface area (Å²) in [5.74, 6) is 0.0751. The predicted molar refractivity (Wildman–Crippen MR) is 76.7 cm³/mol. The molecule has 2 N–H and O–H groups in total. The molecule has 0 saturated heterocycles. The molecule has 0 aliphatic carbocycles. The van der Waals surface area contributed by atoms with Crippen LogP contribution >= 0.6 is 0 Å². The van der Waals surface area contributed by atoms with Crippen LogP contribution in [0.25, 0.3) is 0 Å². The van der Waals surface area contributed by atoms with Crippen LogP contribution in [0.5, 0.6) is 5.75 Å². The van der Waals surface area contributed by atoms with E-state index in [1.165, 1.54) is 12.1 Å². The van der Waals surface area contributed by atoms with Crippen LogP contribution in [0.2, 0.25) is 0 Å². The molecule has 0 aromatic heterocycles. The molecule has 2 aromatic rings. The first-order valence-corrected chi connectivity index (χ1v) is 6.19. The Bertz CT molecular complexity index is 657. The molecule has 4 heteroatoms. The fourth-order valence-corrected chi connectivity index (χ4v) is 2.30. The van der Waals surface area contributed by atoms with Crippen molar-refractivity contribution in [1.82, 2.24) is 0 Å². The second-order valence-corrected chi connectivity index (χ2v) is 4.70. The van der Waals surface area contributed by atoms with Gasteiger partial charge in [0, 0.05) is 16.8 Å². The standard InChI is InChI=1S/C16H16FNO2/c1-9-6-11(7-10(2)16(9)20-3)15(19)13-5-4-12(17)8-14(13)18/h4-8H,18H2,1-3H3. The Balaban J connectivity index is 2.49. The molecule has 0 fully saturated rings. The number of rotatable bonds is 3. The molecule has 20 heavy (non-hydrogen) atoms. The van der Waals surface area contributed by atoms with Gasteiger partial charge in [0.05, 0.1) is 7.11 Å². The molecule has 0 heterocycles. The number of aryl methyl sites for hydroxylation is 2. The van der Waals surface area contributed by atoms with Crippen molar-refractivity contribution in [3.05, 3.63) is 58.4 Å². The van der Waals surface area contributed by atoms with Crippen LogP contribution in [-0.4, -0.2) is 12.9 Å². The van der Waals surface area contributed by atoms with Crippen LogP contribution in [-0.2, 0) is 0 Å². The van der Waals surface area contributed by atoms with E-state index in [0.717, 1.165) is 22.9 Å². The summed E-state index contributed by atoms with van der Waals surface area (Å²) in [7, 11) is 1.59. The summed E-state index contributed by atoms with van der Waals surface area (Å²) in [5.41, 5.74) is 8.40. The summed E-state index contributed by atoms with van der Waals surface area (Å²) in [6.07, 6.45) is 0. The highest BCUT2D eigenvalue weighted by Gasteiger charge is 2.15. The van der Waals surface area contributed by atoms with Crippen molar-refractivity contribution in [3.8, 4) is 5.75 Å². The Morgan fingerprint density at radius 2 is 1.75 bits per heavy atom. The highest BCUT2D eigenvalue weighted by Crippen LogP contribution is 2.26. The summed E-state index contributed by atoms with van der Waals surface area (Å²) >= 11 is 0. The maximum Gasteiger partial charge on any atom is 0.195 e. The minimum absolute atomic E-state index is 0.140. The van der Waals surface area contributed by atoms with E-state index in [0.29, 0.717) is 11.1 Å². The second-order valence-electron chi connectivity index (χ2n) is 4.70. The van der Waals surface area contributed by atoms with Gasteiger partial charge in [-0.3, -0.25) is 4.79 Å². The third kappa shape index (κ3) is 2.50. The van der Waals surface area contributed by atoms with Crippen molar-refractivity contribution in [2.45, 2.75) is 13.8 Å². The lowest BCUT2D eigenvalue weighted by atomic mass is 9.97. The molecule has 0 radical (unpaired) electrons. The molecule has 0 amide bonds. The van der Waals surface area contributed by atoms with Crippen molar-refractivity contribution in [3.63, 3.8) is 0 Å². The van der Waals surface area contributed by atoms with Crippen LogP contribution in [0.1, 0.15) is 27.0 Å². The number of ketones is 1. The number of nitrogen functional groups attached to an aromatic ring is 1. The summed E-state index contributed by atoms with van der Waals surface area (Å²) in [6.45, 7) is 3.74. The highest BCUT2D eigenvalue weighted by atomic mass is 19.1. The van der Waals surface area contributed by atoms with Gasteiger partial charge < -0.3 is 10.5 Å². The molecular formula is C16H16FNO2. The lowest BCUT2D eigenvalue weighted by Crippen LogP contribution is -2.07. The second kappa shape index (κ2) is 5.33. The first kappa shape index (κ1) is 14.1. The van der Waals surface area contributed by atoms with Gasteiger partial charge in [-0.1, -0.05) is 0 Å². The lowest BCUT2D eigenvalue weighted by molar-refractivity contribution is 0.103. The highest BCUT2D eigenvalue weighted by molar-refractivity contribution is 6.12. The number of methoxy groups -OCH3 is 1. The van der Waals surface area contributed by atoms with Crippen LogP contribution in [0.15, 0.2) is 30.3 Å². The topological polar surface area (TPSA) is 52.3 Å². The average molecular weight is 273 g/mol. The largest absolute Gasteiger partial charge is 0.496 e. The van der Waals surface area contributed by atoms with E-state index < -0.39 is 5.82 Å².